The lowest BCUT2D eigenvalue weighted by Crippen LogP contribution is -2.21. The van der Waals surface area contributed by atoms with Crippen LogP contribution in [0.3, 0.4) is 0 Å². The van der Waals surface area contributed by atoms with Gasteiger partial charge in [0.25, 0.3) is 5.91 Å². The lowest BCUT2D eigenvalue weighted by Gasteiger charge is -2.12. The van der Waals surface area contributed by atoms with E-state index >= 15 is 0 Å². The van der Waals surface area contributed by atoms with Crippen molar-refractivity contribution in [1.29, 1.82) is 0 Å². The molecule has 7 heteroatoms. The molecule has 0 N–H and O–H groups in total. The Morgan fingerprint density at radius 3 is 2.54 bits per heavy atom. The second kappa shape index (κ2) is 8.39. The fraction of sp³-hybridized carbons (Fsp3) is 0.190. The monoisotopic (exact) mass is 380 g/mol. The summed E-state index contributed by atoms with van der Waals surface area (Å²) < 4.78 is 15.3. The molecule has 1 heterocycles. The van der Waals surface area contributed by atoms with Crippen LogP contribution in [-0.2, 0) is 14.3 Å². The summed E-state index contributed by atoms with van der Waals surface area (Å²) in [6, 6.07) is 14.4. The molecule has 2 aromatic rings. The zero-order valence-corrected chi connectivity index (χ0v) is 15.8. The van der Waals surface area contributed by atoms with E-state index in [-0.39, 0.29) is 12.5 Å². The highest BCUT2D eigenvalue weighted by Gasteiger charge is 2.28. The maximum Gasteiger partial charge on any atom is 0.343 e. The van der Waals surface area contributed by atoms with Gasteiger partial charge in [-0.3, -0.25) is 4.79 Å². The summed E-state index contributed by atoms with van der Waals surface area (Å²) in [5.74, 6) is 0.161. The normalized spacial score (nSPS) is 14.8. The minimum absolute atomic E-state index is 0.200. The van der Waals surface area contributed by atoms with Crippen LogP contribution >= 0.6 is 0 Å². The Morgan fingerprint density at radius 2 is 1.86 bits per heavy atom. The molecule has 1 aliphatic rings. The maximum atomic E-state index is 12.8. The first-order valence-corrected chi connectivity index (χ1v) is 8.58. The molecule has 0 saturated carbocycles. The SMILES string of the molecule is COC(=O)COc1ccc(/C=C2\C(=O)N(c3ccccc3)N=C2C)cc1OC. The van der Waals surface area contributed by atoms with Gasteiger partial charge in [-0.15, -0.1) is 0 Å². The van der Waals surface area contributed by atoms with Crippen molar-refractivity contribution in [1.82, 2.24) is 0 Å². The van der Waals surface area contributed by atoms with Gasteiger partial charge in [-0.2, -0.15) is 10.1 Å². The molecule has 2 aromatic carbocycles. The number of esters is 1. The Kier molecular flexibility index (Phi) is 5.74. The standard InChI is InChI=1S/C21H20N2O5/c1-14-17(21(25)23(22-14)16-7-5-4-6-8-16)11-15-9-10-18(19(12-15)26-2)28-13-20(24)27-3/h4-12H,13H2,1-3H3/b17-11-. The molecule has 0 bridgehead atoms. The molecule has 28 heavy (non-hydrogen) atoms. The van der Waals surface area contributed by atoms with Crippen molar-refractivity contribution >= 4 is 29.4 Å². The Morgan fingerprint density at radius 1 is 1.11 bits per heavy atom. The Labute approximate surface area is 162 Å². The number of para-hydroxylation sites is 1. The second-order valence-corrected chi connectivity index (χ2v) is 5.97. The van der Waals surface area contributed by atoms with Gasteiger partial charge in [-0.05, 0) is 42.8 Å². The number of amides is 1. The molecular formula is C21H20N2O5. The van der Waals surface area contributed by atoms with Crippen molar-refractivity contribution in [2.45, 2.75) is 6.92 Å². The predicted octanol–water partition coefficient (Wildman–Crippen LogP) is 3.05. The van der Waals surface area contributed by atoms with Gasteiger partial charge in [0.05, 0.1) is 31.2 Å². The molecule has 0 atom stereocenters. The highest BCUT2D eigenvalue weighted by atomic mass is 16.6. The van der Waals surface area contributed by atoms with E-state index in [1.165, 1.54) is 19.2 Å². The van der Waals surface area contributed by atoms with Crippen LogP contribution in [0.25, 0.3) is 6.08 Å². The van der Waals surface area contributed by atoms with Crippen LogP contribution in [-0.4, -0.2) is 38.4 Å². The van der Waals surface area contributed by atoms with Crippen molar-refractivity contribution in [2.24, 2.45) is 5.10 Å². The van der Waals surface area contributed by atoms with Crippen LogP contribution in [0, 0.1) is 0 Å². The van der Waals surface area contributed by atoms with E-state index < -0.39 is 5.97 Å². The molecule has 0 spiro atoms. The lowest BCUT2D eigenvalue weighted by atomic mass is 10.1. The van der Waals surface area contributed by atoms with Gasteiger partial charge in [-0.1, -0.05) is 24.3 Å². The number of nitrogens with zero attached hydrogens (tertiary/aromatic N) is 2. The number of hydrazone groups is 1. The Balaban J connectivity index is 1.84. The zero-order valence-electron chi connectivity index (χ0n) is 15.8. The minimum Gasteiger partial charge on any atom is -0.493 e. The number of carbonyl (C=O) groups excluding carboxylic acids is 2. The third-order valence-corrected chi connectivity index (χ3v) is 4.14. The number of ether oxygens (including phenoxy) is 3. The summed E-state index contributed by atoms with van der Waals surface area (Å²) in [6.07, 6.45) is 1.75. The highest BCUT2D eigenvalue weighted by Crippen LogP contribution is 2.30. The molecule has 1 amide bonds. The van der Waals surface area contributed by atoms with Gasteiger partial charge in [0.1, 0.15) is 0 Å². The lowest BCUT2D eigenvalue weighted by molar-refractivity contribution is -0.142. The van der Waals surface area contributed by atoms with Crippen LogP contribution in [0.4, 0.5) is 5.69 Å². The van der Waals surface area contributed by atoms with E-state index in [1.54, 1.807) is 31.2 Å². The predicted molar refractivity (Wildman–Crippen MR) is 106 cm³/mol. The molecule has 144 valence electrons. The summed E-state index contributed by atoms with van der Waals surface area (Å²) in [6.45, 7) is 1.57. The number of anilines is 1. The number of benzene rings is 2. The van der Waals surface area contributed by atoms with E-state index in [0.717, 1.165) is 5.56 Å². The van der Waals surface area contributed by atoms with Crippen LogP contribution < -0.4 is 14.5 Å². The molecule has 0 aromatic heterocycles. The van der Waals surface area contributed by atoms with Crippen molar-refractivity contribution in [2.75, 3.05) is 25.8 Å². The number of rotatable bonds is 6. The van der Waals surface area contributed by atoms with Crippen LogP contribution in [0.2, 0.25) is 0 Å². The zero-order chi connectivity index (χ0) is 20.1. The first-order valence-electron chi connectivity index (χ1n) is 8.58. The molecule has 0 unspecified atom stereocenters. The largest absolute Gasteiger partial charge is 0.493 e. The smallest absolute Gasteiger partial charge is 0.343 e. The van der Waals surface area contributed by atoms with Crippen LogP contribution in [0.15, 0.2) is 59.2 Å². The molecule has 0 radical (unpaired) electrons. The van der Waals surface area contributed by atoms with Crippen molar-refractivity contribution < 1.29 is 23.8 Å². The second-order valence-electron chi connectivity index (χ2n) is 5.97. The summed E-state index contributed by atoms with van der Waals surface area (Å²) in [5, 5.41) is 5.74. The fourth-order valence-electron chi connectivity index (χ4n) is 2.68. The molecular weight excluding hydrogens is 360 g/mol. The molecule has 0 aliphatic carbocycles. The molecule has 1 aliphatic heterocycles. The van der Waals surface area contributed by atoms with Crippen molar-refractivity contribution in [3.8, 4) is 11.5 Å². The summed E-state index contributed by atoms with van der Waals surface area (Å²) in [7, 11) is 2.79. The van der Waals surface area contributed by atoms with E-state index in [4.69, 9.17) is 9.47 Å². The number of methoxy groups -OCH3 is 2. The molecule has 7 nitrogen and oxygen atoms in total. The van der Waals surface area contributed by atoms with Crippen molar-refractivity contribution in [3.63, 3.8) is 0 Å². The maximum absolute atomic E-state index is 12.8. The third-order valence-electron chi connectivity index (χ3n) is 4.14. The fourth-order valence-corrected chi connectivity index (χ4v) is 2.68. The first-order chi connectivity index (χ1) is 13.5. The van der Waals surface area contributed by atoms with Gasteiger partial charge in [0.2, 0.25) is 0 Å². The van der Waals surface area contributed by atoms with Gasteiger partial charge in [-0.25, -0.2) is 4.79 Å². The Bertz CT molecular complexity index is 951. The first kappa shape index (κ1) is 19.2. The Hall–Kier alpha value is -3.61. The number of carbonyl (C=O) groups is 2. The van der Waals surface area contributed by atoms with E-state index in [1.807, 2.05) is 30.3 Å². The number of hydrogen-bond acceptors (Lipinski definition) is 6. The van der Waals surface area contributed by atoms with Gasteiger partial charge >= 0.3 is 5.97 Å². The van der Waals surface area contributed by atoms with Crippen molar-refractivity contribution in [3.05, 3.63) is 59.7 Å². The molecule has 0 fully saturated rings. The topological polar surface area (TPSA) is 77.4 Å². The quantitative estimate of drug-likeness (QED) is 0.569. The molecule has 0 saturated heterocycles. The van der Waals surface area contributed by atoms with Gasteiger partial charge in [0, 0.05) is 0 Å². The summed E-state index contributed by atoms with van der Waals surface area (Å²) >= 11 is 0. The highest BCUT2D eigenvalue weighted by molar-refractivity contribution is 6.32. The van der Waals surface area contributed by atoms with Crippen LogP contribution in [0.1, 0.15) is 12.5 Å². The van der Waals surface area contributed by atoms with E-state index in [0.29, 0.717) is 28.5 Å². The summed E-state index contributed by atoms with van der Waals surface area (Å²) in [5.41, 5.74) is 2.57. The van der Waals surface area contributed by atoms with Gasteiger partial charge < -0.3 is 14.2 Å². The summed E-state index contributed by atoms with van der Waals surface area (Å²) in [4.78, 5) is 24.0. The number of hydrogen-bond donors (Lipinski definition) is 0. The average molecular weight is 380 g/mol. The van der Waals surface area contributed by atoms with E-state index in [2.05, 4.69) is 9.84 Å². The third kappa shape index (κ3) is 4.03. The minimum atomic E-state index is -0.488. The van der Waals surface area contributed by atoms with Gasteiger partial charge in [0.15, 0.2) is 18.1 Å². The van der Waals surface area contributed by atoms with E-state index in [9.17, 15) is 9.59 Å². The average Bonchev–Trinajstić information content (AvgIpc) is 3.01. The van der Waals surface area contributed by atoms with Crippen LogP contribution in [0.5, 0.6) is 11.5 Å². The molecule has 3 rings (SSSR count).